The van der Waals surface area contributed by atoms with Gasteiger partial charge < -0.3 is 10.3 Å². The Hall–Kier alpha value is -2.50. The number of aromatic amines is 1. The average molecular weight is 298 g/mol. The number of carbonyl (C=O) groups is 1. The largest absolute Gasteiger partial charge is 0.343 e. The maximum atomic E-state index is 12.0. The molecule has 0 unspecified atom stereocenters. The lowest BCUT2D eigenvalue weighted by molar-refractivity contribution is 0.0944. The first kappa shape index (κ1) is 14.4. The predicted molar refractivity (Wildman–Crippen MR) is 81.6 cm³/mol. The predicted octanol–water partition coefficient (Wildman–Crippen LogP) is 1.28. The highest BCUT2D eigenvalue weighted by Gasteiger charge is 2.16. The fraction of sp³-hybridized carbons (Fsp3) is 0.375. The number of fused-ring (bicyclic) bond motifs is 1. The summed E-state index contributed by atoms with van der Waals surface area (Å²) in [6.07, 6.45) is 4.36. The number of rotatable bonds is 3. The summed E-state index contributed by atoms with van der Waals surface area (Å²) >= 11 is 0. The van der Waals surface area contributed by atoms with Crippen molar-refractivity contribution in [3.05, 3.63) is 57.0 Å². The number of nitrogens with one attached hydrogen (secondary N) is 2. The Kier molecular flexibility index (Phi) is 4.00. The van der Waals surface area contributed by atoms with Gasteiger partial charge in [-0.2, -0.15) is 0 Å². The van der Waals surface area contributed by atoms with Crippen molar-refractivity contribution >= 4 is 5.91 Å². The van der Waals surface area contributed by atoms with Gasteiger partial charge in [0, 0.05) is 17.5 Å². The number of amides is 1. The minimum atomic E-state index is -0.336. The second-order valence-corrected chi connectivity index (χ2v) is 5.47. The fourth-order valence-corrected chi connectivity index (χ4v) is 2.76. The molecule has 2 aromatic heterocycles. The van der Waals surface area contributed by atoms with Crippen LogP contribution in [0, 0.1) is 6.92 Å². The minimum absolute atomic E-state index is 0.238. The molecule has 2 aromatic rings. The number of aryl methyl sites for hydroxylation is 2. The van der Waals surface area contributed by atoms with Crippen LogP contribution in [-0.2, 0) is 19.4 Å². The molecule has 0 bridgehead atoms. The number of hydrogen-bond donors (Lipinski definition) is 2. The molecule has 3 rings (SSSR count). The van der Waals surface area contributed by atoms with Gasteiger partial charge >= 0.3 is 0 Å². The molecule has 0 radical (unpaired) electrons. The van der Waals surface area contributed by atoms with E-state index in [0.717, 1.165) is 30.7 Å². The molecule has 6 nitrogen and oxygen atoms in total. The lowest BCUT2D eigenvalue weighted by Gasteiger charge is -2.17. The molecule has 2 N–H and O–H groups in total. The normalized spacial score (nSPS) is 13.5. The van der Waals surface area contributed by atoms with Crippen LogP contribution in [0.15, 0.2) is 23.0 Å². The fourth-order valence-electron chi connectivity index (χ4n) is 2.76. The zero-order valence-corrected chi connectivity index (χ0v) is 12.5. The van der Waals surface area contributed by atoms with E-state index in [-0.39, 0.29) is 23.7 Å². The van der Waals surface area contributed by atoms with Crippen LogP contribution >= 0.6 is 0 Å². The number of H-pyrrole nitrogens is 1. The Balaban J connectivity index is 1.73. The average Bonchev–Trinajstić information content (AvgIpc) is 2.53. The van der Waals surface area contributed by atoms with E-state index in [9.17, 15) is 9.59 Å². The summed E-state index contributed by atoms with van der Waals surface area (Å²) in [6.45, 7) is 2.25. The van der Waals surface area contributed by atoms with E-state index in [0.29, 0.717) is 5.82 Å². The van der Waals surface area contributed by atoms with Crippen LogP contribution in [0.5, 0.6) is 0 Å². The zero-order valence-electron chi connectivity index (χ0n) is 12.5. The quantitative estimate of drug-likeness (QED) is 0.893. The molecule has 114 valence electrons. The molecule has 0 aromatic carbocycles. The van der Waals surface area contributed by atoms with Gasteiger partial charge in [0.05, 0.1) is 6.54 Å². The molecule has 2 heterocycles. The van der Waals surface area contributed by atoms with Crippen molar-refractivity contribution in [2.75, 3.05) is 0 Å². The molecular weight excluding hydrogens is 280 g/mol. The van der Waals surface area contributed by atoms with Crippen LogP contribution in [0.2, 0.25) is 0 Å². The Bertz CT molecular complexity index is 767. The van der Waals surface area contributed by atoms with Gasteiger partial charge in [0.1, 0.15) is 11.5 Å². The van der Waals surface area contributed by atoms with E-state index < -0.39 is 0 Å². The number of aromatic nitrogens is 3. The highest BCUT2D eigenvalue weighted by Crippen LogP contribution is 2.21. The molecular formula is C16H18N4O2. The summed E-state index contributed by atoms with van der Waals surface area (Å²) < 4.78 is 0. The molecule has 0 saturated carbocycles. The Labute approximate surface area is 128 Å². The molecule has 0 aliphatic heterocycles. The van der Waals surface area contributed by atoms with Crippen molar-refractivity contribution in [1.29, 1.82) is 0 Å². The van der Waals surface area contributed by atoms with E-state index >= 15 is 0 Å². The van der Waals surface area contributed by atoms with Gasteiger partial charge in [-0.15, -0.1) is 0 Å². The zero-order chi connectivity index (χ0) is 15.5. The first-order chi connectivity index (χ1) is 10.6. The molecule has 1 aliphatic carbocycles. The second-order valence-electron chi connectivity index (χ2n) is 5.47. The number of carbonyl (C=O) groups excluding carboxylic acids is 1. The first-order valence-electron chi connectivity index (χ1n) is 7.46. The topological polar surface area (TPSA) is 87.7 Å². The lowest BCUT2D eigenvalue weighted by atomic mass is 9.95. The minimum Gasteiger partial charge on any atom is -0.343 e. The van der Waals surface area contributed by atoms with Crippen molar-refractivity contribution < 1.29 is 4.79 Å². The molecule has 1 amide bonds. The van der Waals surface area contributed by atoms with Crippen LogP contribution in [0.25, 0.3) is 0 Å². The van der Waals surface area contributed by atoms with Gasteiger partial charge in [0.25, 0.3) is 5.91 Å². The lowest BCUT2D eigenvalue weighted by Crippen LogP contribution is -2.27. The SMILES string of the molecule is Cc1nc(CNC(=O)c2cccc(=O)[nH]2)nc2c1CCCC2. The standard InChI is InChI=1S/C16H18N4O2/c1-10-11-5-2-3-6-12(11)19-14(18-10)9-17-16(22)13-7-4-8-15(21)20-13/h4,7-8H,2-3,5-6,9H2,1H3,(H,17,22)(H,20,21). The summed E-state index contributed by atoms with van der Waals surface area (Å²) in [4.78, 5) is 34.7. The van der Waals surface area contributed by atoms with E-state index in [4.69, 9.17) is 0 Å². The molecule has 0 fully saturated rings. The van der Waals surface area contributed by atoms with Gasteiger partial charge in [-0.1, -0.05) is 6.07 Å². The van der Waals surface area contributed by atoms with Gasteiger partial charge in [0.2, 0.25) is 5.56 Å². The van der Waals surface area contributed by atoms with Crippen LogP contribution in [0.4, 0.5) is 0 Å². The van der Waals surface area contributed by atoms with Crippen molar-refractivity contribution in [3.8, 4) is 0 Å². The number of nitrogens with zero attached hydrogens (tertiary/aromatic N) is 2. The van der Waals surface area contributed by atoms with E-state index in [1.54, 1.807) is 12.1 Å². The molecule has 1 aliphatic rings. The third-order valence-corrected chi connectivity index (χ3v) is 3.86. The maximum absolute atomic E-state index is 12.0. The van der Waals surface area contributed by atoms with E-state index in [1.807, 2.05) is 6.92 Å². The van der Waals surface area contributed by atoms with Crippen molar-refractivity contribution in [2.24, 2.45) is 0 Å². The molecule has 0 atom stereocenters. The second kappa shape index (κ2) is 6.09. The van der Waals surface area contributed by atoms with Crippen molar-refractivity contribution in [3.63, 3.8) is 0 Å². The summed E-state index contributed by atoms with van der Waals surface area (Å²) in [7, 11) is 0. The Morgan fingerprint density at radius 2 is 2.09 bits per heavy atom. The van der Waals surface area contributed by atoms with Crippen molar-refractivity contribution in [2.45, 2.75) is 39.2 Å². The van der Waals surface area contributed by atoms with Gasteiger partial charge in [0.15, 0.2) is 0 Å². The Morgan fingerprint density at radius 3 is 2.91 bits per heavy atom. The summed E-state index contributed by atoms with van der Waals surface area (Å²) in [6, 6.07) is 4.48. The molecule has 22 heavy (non-hydrogen) atoms. The molecule has 0 spiro atoms. The maximum Gasteiger partial charge on any atom is 0.268 e. The number of pyridine rings is 1. The summed E-state index contributed by atoms with van der Waals surface area (Å²) in [5.74, 6) is 0.279. The smallest absolute Gasteiger partial charge is 0.268 e. The molecule has 0 saturated heterocycles. The van der Waals surface area contributed by atoms with Gasteiger partial charge in [-0.05, 0) is 44.2 Å². The van der Waals surface area contributed by atoms with Crippen LogP contribution < -0.4 is 10.9 Å². The van der Waals surface area contributed by atoms with E-state index in [2.05, 4.69) is 20.3 Å². The monoisotopic (exact) mass is 298 g/mol. The van der Waals surface area contributed by atoms with Crippen molar-refractivity contribution in [1.82, 2.24) is 20.3 Å². The third-order valence-electron chi connectivity index (χ3n) is 3.86. The van der Waals surface area contributed by atoms with Crippen LogP contribution in [-0.4, -0.2) is 20.9 Å². The van der Waals surface area contributed by atoms with Crippen LogP contribution in [0.3, 0.4) is 0 Å². The molecule has 6 heteroatoms. The van der Waals surface area contributed by atoms with Gasteiger partial charge in [-0.25, -0.2) is 9.97 Å². The first-order valence-corrected chi connectivity index (χ1v) is 7.46. The van der Waals surface area contributed by atoms with Gasteiger partial charge in [-0.3, -0.25) is 9.59 Å². The third kappa shape index (κ3) is 3.05. The highest BCUT2D eigenvalue weighted by molar-refractivity contribution is 5.92. The van der Waals surface area contributed by atoms with Crippen LogP contribution in [0.1, 0.15) is 46.1 Å². The van der Waals surface area contributed by atoms with E-state index in [1.165, 1.54) is 18.1 Å². The summed E-state index contributed by atoms with van der Waals surface area (Å²) in [5, 5.41) is 2.74. The summed E-state index contributed by atoms with van der Waals surface area (Å²) in [5.41, 5.74) is 3.31. The number of hydrogen-bond acceptors (Lipinski definition) is 4. The Morgan fingerprint density at radius 1 is 1.27 bits per heavy atom. The highest BCUT2D eigenvalue weighted by atomic mass is 16.2.